The molecule has 0 unspecified atom stereocenters. The summed E-state index contributed by atoms with van der Waals surface area (Å²) in [6.45, 7) is 0.316. The van der Waals surface area contributed by atoms with Crippen LogP contribution in [-0.2, 0) is 23.1 Å². The summed E-state index contributed by atoms with van der Waals surface area (Å²) in [4.78, 5) is 12.5. The number of methoxy groups -OCH3 is 1. The quantitative estimate of drug-likeness (QED) is 0.502. The molecular formula is C22H20Cl2N2O4S. The minimum atomic E-state index is -3.95. The first-order valence-corrected chi connectivity index (χ1v) is 11.5. The van der Waals surface area contributed by atoms with Gasteiger partial charge in [0.15, 0.2) is 0 Å². The summed E-state index contributed by atoms with van der Waals surface area (Å²) in [5.74, 6) is -0.285. The second kappa shape index (κ2) is 10.2. The van der Waals surface area contributed by atoms with Crippen LogP contribution in [0.5, 0.6) is 5.75 Å². The average Bonchev–Trinajstić information content (AvgIpc) is 2.76. The van der Waals surface area contributed by atoms with E-state index in [-0.39, 0.29) is 29.3 Å². The summed E-state index contributed by atoms with van der Waals surface area (Å²) in [5, 5.41) is 3.88. The van der Waals surface area contributed by atoms with Crippen molar-refractivity contribution >= 4 is 39.1 Å². The van der Waals surface area contributed by atoms with Crippen LogP contribution >= 0.6 is 23.2 Å². The fourth-order valence-corrected chi connectivity index (χ4v) is 4.37. The van der Waals surface area contributed by atoms with Crippen molar-refractivity contribution in [3.63, 3.8) is 0 Å². The molecule has 0 saturated carbocycles. The molecule has 3 rings (SSSR count). The molecule has 0 saturated heterocycles. The molecule has 3 aromatic rings. The van der Waals surface area contributed by atoms with Gasteiger partial charge in [-0.2, -0.15) is 0 Å². The summed E-state index contributed by atoms with van der Waals surface area (Å²) in [7, 11) is -2.58. The average molecular weight is 479 g/mol. The lowest BCUT2D eigenvalue weighted by Gasteiger charge is -2.13. The van der Waals surface area contributed by atoms with Gasteiger partial charge in [-0.25, -0.2) is 13.1 Å². The molecule has 0 atom stereocenters. The molecule has 0 aromatic heterocycles. The second-order valence-electron chi connectivity index (χ2n) is 6.63. The first-order valence-electron chi connectivity index (χ1n) is 9.23. The lowest BCUT2D eigenvalue weighted by molar-refractivity contribution is 0.0950. The van der Waals surface area contributed by atoms with Gasteiger partial charge in [0.1, 0.15) is 10.6 Å². The Labute approximate surface area is 191 Å². The number of halogens is 2. The molecule has 2 N–H and O–H groups in total. The van der Waals surface area contributed by atoms with Crippen molar-refractivity contribution in [2.24, 2.45) is 0 Å². The molecule has 0 aliphatic carbocycles. The number of sulfonamides is 1. The zero-order valence-electron chi connectivity index (χ0n) is 16.6. The van der Waals surface area contributed by atoms with Crippen LogP contribution in [0.15, 0.2) is 71.6 Å². The molecule has 3 aromatic carbocycles. The standard InChI is InChI=1S/C22H20Cl2N2O4S/c1-30-20-10-7-17(22(27)25-13-16-3-2-4-19(24)11-16)12-21(20)31(28,29)26-14-15-5-8-18(23)9-6-15/h2-12,26H,13-14H2,1H3,(H,25,27). The smallest absolute Gasteiger partial charge is 0.251 e. The Morgan fingerprint density at radius 3 is 2.32 bits per heavy atom. The van der Waals surface area contributed by atoms with E-state index in [1.54, 1.807) is 42.5 Å². The number of hydrogen-bond donors (Lipinski definition) is 2. The van der Waals surface area contributed by atoms with E-state index in [4.69, 9.17) is 27.9 Å². The van der Waals surface area contributed by atoms with E-state index in [2.05, 4.69) is 10.0 Å². The van der Waals surface area contributed by atoms with Crippen LogP contribution in [-0.4, -0.2) is 21.4 Å². The van der Waals surface area contributed by atoms with Gasteiger partial charge in [0.05, 0.1) is 7.11 Å². The normalized spacial score (nSPS) is 11.2. The van der Waals surface area contributed by atoms with Gasteiger partial charge in [-0.05, 0) is 53.6 Å². The van der Waals surface area contributed by atoms with Gasteiger partial charge in [0, 0.05) is 28.7 Å². The fourth-order valence-electron chi connectivity index (χ4n) is 2.82. The van der Waals surface area contributed by atoms with Crippen molar-refractivity contribution in [2.75, 3.05) is 7.11 Å². The molecule has 6 nitrogen and oxygen atoms in total. The summed E-state index contributed by atoms with van der Waals surface area (Å²) < 4.78 is 33.5. The molecular weight excluding hydrogens is 459 g/mol. The van der Waals surface area contributed by atoms with E-state index in [9.17, 15) is 13.2 Å². The van der Waals surface area contributed by atoms with Gasteiger partial charge in [-0.1, -0.05) is 47.5 Å². The maximum absolute atomic E-state index is 12.9. The summed E-state index contributed by atoms with van der Waals surface area (Å²) in [5.41, 5.74) is 1.75. The van der Waals surface area contributed by atoms with Gasteiger partial charge in [-0.15, -0.1) is 0 Å². The first kappa shape index (κ1) is 23.1. The van der Waals surface area contributed by atoms with Crippen LogP contribution in [0.4, 0.5) is 0 Å². The Morgan fingerprint density at radius 2 is 1.65 bits per heavy atom. The van der Waals surface area contributed by atoms with E-state index >= 15 is 0 Å². The highest BCUT2D eigenvalue weighted by Crippen LogP contribution is 2.25. The largest absolute Gasteiger partial charge is 0.495 e. The number of rotatable bonds is 8. The van der Waals surface area contributed by atoms with Gasteiger partial charge in [0.2, 0.25) is 10.0 Å². The van der Waals surface area contributed by atoms with Crippen molar-refractivity contribution in [1.82, 2.24) is 10.0 Å². The number of nitrogens with one attached hydrogen (secondary N) is 2. The molecule has 1 amide bonds. The third-order valence-electron chi connectivity index (χ3n) is 4.44. The monoisotopic (exact) mass is 478 g/mol. The summed E-state index contributed by atoms with van der Waals surface area (Å²) >= 11 is 11.8. The third-order valence-corrected chi connectivity index (χ3v) is 6.35. The maximum Gasteiger partial charge on any atom is 0.251 e. The number of benzene rings is 3. The predicted octanol–water partition coefficient (Wildman–Crippen LogP) is 4.41. The highest BCUT2D eigenvalue weighted by molar-refractivity contribution is 7.89. The van der Waals surface area contributed by atoms with Crippen molar-refractivity contribution in [3.8, 4) is 5.75 Å². The fraction of sp³-hybridized carbons (Fsp3) is 0.136. The van der Waals surface area contributed by atoms with Crippen molar-refractivity contribution < 1.29 is 17.9 Å². The van der Waals surface area contributed by atoms with Crippen LogP contribution in [0.1, 0.15) is 21.5 Å². The Balaban J connectivity index is 1.77. The molecule has 0 aliphatic rings. The van der Waals surface area contributed by atoms with Crippen molar-refractivity contribution in [1.29, 1.82) is 0 Å². The maximum atomic E-state index is 12.9. The van der Waals surface area contributed by atoms with Crippen molar-refractivity contribution in [3.05, 3.63) is 93.5 Å². The lowest BCUT2D eigenvalue weighted by atomic mass is 10.2. The van der Waals surface area contributed by atoms with Gasteiger partial charge in [-0.3, -0.25) is 4.79 Å². The van der Waals surface area contributed by atoms with E-state index in [0.29, 0.717) is 10.0 Å². The number of amides is 1. The number of carbonyl (C=O) groups is 1. The van der Waals surface area contributed by atoms with E-state index in [1.165, 1.54) is 25.3 Å². The van der Waals surface area contributed by atoms with Crippen LogP contribution < -0.4 is 14.8 Å². The molecule has 0 spiro atoms. The Morgan fingerprint density at radius 1 is 0.903 bits per heavy atom. The molecule has 0 heterocycles. The molecule has 9 heteroatoms. The predicted molar refractivity (Wildman–Crippen MR) is 121 cm³/mol. The Kier molecular flexibility index (Phi) is 7.56. The Bertz CT molecular complexity index is 1180. The van der Waals surface area contributed by atoms with Crippen LogP contribution in [0.25, 0.3) is 0 Å². The highest BCUT2D eigenvalue weighted by Gasteiger charge is 2.21. The van der Waals surface area contributed by atoms with Crippen LogP contribution in [0, 0.1) is 0 Å². The minimum absolute atomic E-state index is 0.0633. The topological polar surface area (TPSA) is 84.5 Å². The highest BCUT2D eigenvalue weighted by atomic mass is 35.5. The Hall–Kier alpha value is -2.58. The summed E-state index contributed by atoms with van der Waals surface area (Å²) in [6, 6.07) is 18.1. The lowest BCUT2D eigenvalue weighted by Crippen LogP contribution is -2.26. The second-order valence-corrected chi connectivity index (χ2v) is 9.24. The third kappa shape index (κ3) is 6.21. The van der Waals surface area contributed by atoms with Gasteiger partial charge in [0.25, 0.3) is 5.91 Å². The molecule has 0 radical (unpaired) electrons. The SMILES string of the molecule is COc1ccc(C(=O)NCc2cccc(Cl)c2)cc1S(=O)(=O)NCc1ccc(Cl)cc1. The van der Waals surface area contributed by atoms with E-state index in [1.807, 2.05) is 6.07 Å². The zero-order valence-corrected chi connectivity index (χ0v) is 18.9. The molecule has 162 valence electrons. The zero-order chi connectivity index (χ0) is 22.4. The first-order chi connectivity index (χ1) is 14.8. The van der Waals surface area contributed by atoms with Crippen LogP contribution in [0.2, 0.25) is 10.0 Å². The van der Waals surface area contributed by atoms with Gasteiger partial charge < -0.3 is 10.1 Å². The molecule has 0 aliphatic heterocycles. The van der Waals surface area contributed by atoms with Crippen LogP contribution in [0.3, 0.4) is 0 Å². The van der Waals surface area contributed by atoms with E-state index in [0.717, 1.165) is 11.1 Å². The number of ether oxygens (including phenoxy) is 1. The number of hydrogen-bond acceptors (Lipinski definition) is 4. The minimum Gasteiger partial charge on any atom is -0.495 e. The molecule has 0 fully saturated rings. The number of carbonyl (C=O) groups excluding carboxylic acids is 1. The van der Waals surface area contributed by atoms with E-state index < -0.39 is 15.9 Å². The molecule has 31 heavy (non-hydrogen) atoms. The molecule has 0 bridgehead atoms. The van der Waals surface area contributed by atoms with Crippen molar-refractivity contribution in [2.45, 2.75) is 18.0 Å². The van der Waals surface area contributed by atoms with Gasteiger partial charge >= 0.3 is 0 Å². The summed E-state index contributed by atoms with van der Waals surface area (Å²) in [6.07, 6.45) is 0.